The van der Waals surface area contributed by atoms with E-state index in [4.69, 9.17) is 0 Å². The summed E-state index contributed by atoms with van der Waals surface area (Å²) in [6.45, 7) is 0. The van der Waals surface area contributed by atoms with Gasteiger partial charge in [0.1, 0.15) is 6.33 Å². The first-order valence-electron chi connectivity index (χ1n) is 5.64. The minimum absolute atomic E-state index is 0.137. The second-order valence-electron chi connectivity index (χ2n) is 4.06. The number of halogens is 3. The normalized spacial score (nSPS) is 11.5. The van der Waals surface area contributed by atoms with E-state index in [1.807, 2.05) is 0 Å². The predicted molar refractivity (Wildman–Crippen MR) is 62.6 cm³/mol. The number of alkyl halides is 3. The lowest BCUT2D eigenvalue weighted by atomic mass is 10.1. The Morgan fingerprint density at radius 1 is 1.32 bits per heavy atom. The molecule has 0 radical (unpaired) electrons. The number of aryl methyl sites for hydroxylation is 1. The van der Waals surface area contributed by atoms with Gasteiger partial charge in [0.05, 0.1) is 5.56 Å². The average molecular weight is 268 g/mol. The first-order valence-corrected chi connectivity index (χ1v) is 5.64. The van der Waals surface area contributed by atoms with E-state index in [0.717, 1.165) is 12.1 Å². The number of benzene rings is 1. The van der Waals surface area contributed by atoms with Crippen LogP contribution in [-0.2, 0) is 12.6 Å². The molecule has 6 heteroatoms. The summed E-state index contributed by atoms with van der Waals surface area (Å²) in [7, 11) is 0. The highest BCUT2D eigenvalue weighted by Gasteiger charge is 2.30. The largest absolute Gasteiger partial charge is 0.416 e. The Labute approximate surface area is 107 Å². The lowest BCUT2D eigenvalue weighted by Crippen LogP contribution is -2.10. The second kappa shape index (κ2) is 5.26. The van der Waals surface area contributed by atoms with Crippen molar-refractivity contribution in [1.29, 1.82) is 0 Å². The molecule has 2 rings (SSSR count). The molecule has 0 aliphatic carbocycles. The van der Waals surface area contributed by atoms with Gasteiger partial charge >= 0.3 is 6.18 Å². The van der Waals surface area contributed by atoms with E-state index < -0.39 is 11.7 Å². The van der Waals surface area contributed by atoms with Gasteiger partial charge in [-0.05, 0) is 18.1 Å². The summed E-state index contributed by atoms with van der Waals surface area (Å²) in [5.41, 5.74) is -0.205. The van der Waals surface area contributed by atoms with Crippen LogP contribution < -0.4 is 0 Å². The van der Waals surface area contributed by atoms with Gasteiger partial charge in [-0.3, -0.25) is 9.36 Å². The molecule has 2 aromatic rings. The van der Waals surface area contributed by atoms with Crippen LogP contribution in [0.5, 0.6) is 0 Å². The van der Waals surface area contributed by atoms with Gasteiger partial charge < -0.3 is 0 Å². The van der Waals surface area contributed by atoms with Crippen molar-refractivity contribution in [2.45, 2.75) is 19.0 Å². The molecule has 0 bridgehead atoms. The van der Waals surface area contributed by atoms with E-state index in [9.17, 15) is 18.0 Å². The summed E-state index contributed by atoms with van der Waals surface area (Å²) in [5.74, 6) is -0.199. The maximum Gasteiger partial charge on any atom is 0.416 e. The zero-order valence-corrected chi connectivity index (χ0v) is 9.89. The molecule has 0 fully saturated rings. The minimum Gasteiger partial charge on any atom is -0.276 e. The fraction of sp³-hybridized carbons (Fsp3) is 0.231. The zero-order valence-electron chi connectivity index (χ0n) is 9.89. The third-order valence-corrected chi connectivity index (χ3v) is 2.67. The Bertz CT molecular complexity index is 562. The summed E-state index contributed by atoms with van der Waals surface area (Å²) in [4.78, 5) is 15.4. The number of aromatic nitrogens is 2. The molecule has 0 aliphatic rings. The molecule has 3 nitrogen and oxygen atoms in total. The topological polar surface area (TPSA) is 34.9 Å². The SMILES string of the molecule is O=C(CCc1cccc(C(F)(F)F)c1)n1ccnc1. The molecule has 0 unspecified atom stereocenters. The molecule has 1 heterocycles. The van der Waals surface area contributed by atoms with Crippen molar-refractivity contribution in [3.63, 3.8) is 0 Å². The van der Waals surface area contributed by atoms with Crippen LogP contribution in [0.4, 0.5) is 13.2 Å². The van der Waals surface area contributed by atoms with Gasteiger partial charge in [0.25, 0.3) is 0 Å². The summed E-state index contributed by atoms with van der Waals surface area (Å²) < 4.78 is 38.8. The van der Waals surface area contributed by atoms with Gasteiger partial charge in [-0.1, -0.05) is 18.2 Å². The summed E-state index contributed by atoms with van der Waals surface area (Å²) in [6.07, 6.45) is 0.397. The molecule has 0 saturated carbocycles. The molecule has 0 spiro atoms. The Hall–Kier alpha value is -2.11. The summed E-state index contributed by atoms with van der Waals surface area (Å²) in [5, 5.41) is 0. The van der Waals surface area contributed by atoms with Crippen LogP contribution >= 0.6 is 0 Å². The molecule has 0 amide bonds. The van der Waals surface area contributed by atoms with Gasteiger partial charge in [-0.2, -0.15) is 13.2 Å². The Balaban J connectivity index is 2.02. The van der Waals surface area contributed by atoms with E-state index in [-0.39, 0.29) is 18.7 Å². The quantitative estimate of drug-likeness (QED) is 0.857. The lowest BCUT2D eigenvalue weighted by Gasteiger charge is -2.08. The van der Waals surface area contributed by atoms with Crippen molar-refractivity contribution >= 4 is 5.91 Å². The fourth-order valence-corrected chi connectivity index (χ4v) is 1.69. The van der Waals surface area contributed by atoms with E-state index in [0.29, 0.717) is 5.56 Å². The Morgan fingerprint density at radius 3 is 2.74 bits per heavy atom. The van der Waals surface area contributed by atoms with Gasteiger partial charge in [-0.25, -0.2) is 4.98 Å². The molecule has 0 N–H and O–H groups in total. The Morgan fingerprint density at radius 2 is 2.11 bits per heavy atom. The van der Waals surface area contributed by atoms with E-state index in [2.05, 4.69) is 4.98 Å². The van der Waals surface area contributed by atoms with Crippen molar-refractivity contribution in [2.75, 3.05) is 0 Å². The minimum atomic E-state index is -4.36. The van der Waals surface area contributed by atoms with Crippen LogP contribution in [0.25, 0.3) is 0 Å². The molecule has 0 saturated heterocycles. The van der Waals surface area contributed by atoms with E-state index in [1.165, 1.54) is 29.4 Å². The van der Waals surface area contributed by atoms with Gasteiger partial charge in [-0.15, -0.1) is 0 Å². The van der Waals surface area contributed by atoms with Crippen LogP contribution in [0.1, 0.15) is 22.3 Å². The van der Waals surface area contributed by atoms with Gasteiger partial charge in [0, 0.05) is 18.8 Å². The van der Waals surface area contributed by atoms with Crippen molar-refractivity contribution < 1.29 is 18.0 Å². The van der Waals surface area contributed by atoms with Crippen LogP contribution in [0.3, 0.4) is 0 Å². The number of hydrogen-bond acceptors (Lipinski definition) is 2. The monoisotopic (exact) mass is 268 g/mol. The third kappa shape index (κ3) is 3.43. The first-order chi connectivity index (χ1) is 8.97. The average Bonchev–Trinajstić information content (AvgIpc) is 2.89. The summed E-state index contributed by atoms with van der Waals surface area (Å²) >= 11 is 0. The van der Waals surface area contributed by atoms with Crippen LogP contribution in [0.15, 0.2) is 43.0 Å². The van der Waals surface area contributed by atoms with Crippen molar-refractivity contribution in [3.05, 3.63) is 54.1 Å². The van der Waals surface area contributed by atoms with Crippen molar-refractivity contribution in [3.8, 4) is 0 Å². The van der Waals surface area contributed by atoms with Crippen LogP contribution in [0.2, 0.25) is 0 Å². The van der Waals surface area contributed by atoms with Crippen LogP contribution in [0, 0.1) is 0 Å². The second-order valence-corrected chi connectivity index (χ2v) is 4.06. The van der Waals surface area contributed by atoms with Crippen molar-refractivity contribution in [2.24, 2.45) is 0 Å². The number of nitrogens with zero attached hydrogens (tertiary/aromatic N) is 2. The summed E-state index contributed by atoms with van der Waals surface area (Å²) in [6, 6.07) is 5.01. The fourth-order valence-electron chi connectivity index (χ4n) is 1.69. The number of carbonyl (C=O) groups is 1. The predicted octanol–water partition coefficient (Wildman–Crippen LogP) is 3.17. The van der Waals surface area contributed by atoms with Gasteiger partial charge in [0.2, 0.25) is 5.91 Å². The maximum absolute atomic E-state index is 12.5. The van der Waals surface area contributed by atoms with E-state index >= 15 is 0 Å². The molecule has 1 aromatic heterocycles. The number of hydrogen-bond donors (Lipinski definition) is 0. The zero-order chi connectivity index (χ0) is 13.9. The standard InChI is InChI=1S/C13H11F3N2O/c14-13(15,16)11-3-1-2-10(8-11)4-5-12(19)18-7-6-17-9-18/h1-3,6-9H,4-5H2. The maximum atomic E-state index is 12.5. The highest BCUT2D eigenvalue weighted by molar-refractivity contribution is 5.78. The number of rotatable bonds is 3. The lowest BCUT2D eigenvalue weighted by molar-refractivity contribution is -0.137. The Kier molecular flexibility index (Phi) is 3.69. The molecule has 19 heavy (non-hydrogen) atoms. The molecule has 0 atom stereocenters. The van der Waals surface area contributed by atoms with E-state index in [1.54, 1.807) is 6.07 Å². The molecular weight excluding hydrogens is 257 g/mol. The van der Waals surface area contributed by atoms with Gasteiger partial charge in [0.15, 0.2) is 0 Å². The molecular formula is C13H11F3N2O. The smallest absolute Gasteiger partial charge is 0.276 e. The molecule has 1 aromatic carbocycles. The third-order valence-electron chi connectivity index (χ3n) is 2.67. The molecule has 100 valence electrons. The molecule has 0 aliphatic heterocycles. The number of imidazole rings is 1. The van der Waals surface area contributed by atoms with Crippen molar-refractivity contribution in [1.82, 2.24) is 9.55 Å². The number of carbonyl (C=O) groups excluding carboxylic acids is 1. The van der Waals surface area contributed by atoms with Crippen LogP contribution in [-0.4, -0.2) is 15.5 Å². The highest BCUT2D eigenvalue weighted by Crippen LogP contribution is 2.29. The first kappa shape index (κ1) is 13.3. The highest BCUT2D eigenvalue weighted by atomic mass is 19.4.